The Bertz CT molecular complexity index is 3630. The van der Waals surface area contributed by atoms with Gasteiger partial charge in [0.1, 0.15) is 11.2 Å². The van der Waals surface area contributed by atoms with E-state index in [0.717, 1.165) is 66.4 Å². The smallest absolute Gasteiger partial charge is 0.164 e. The van der Waals surface area contributed by atoms with Gasteiger partial charge in [-0.15, -0.1) is 11.3 Å². The fourth-order valence-electron chi connectivity index (χ4n) is 8.75. The molecule has 0 atom stereocenters. The molecule has 0 aliphatic heterocycles. The van der Waals surface area contributed by atoms with Crippen LogP contribution in [0.2, 0.25) is 0 Å². The molecule has 0 N–H and O–H groups in total. The van der Waals surface area contributed by atoms with Gasteiger partial charge < -0.3 is 4.42 Å². The molecular weight excluding hydrogens is 775 g/mol. The van der Waals surface area contributed by atoms with Gasteiger partial charge in [-0.05, 0) is 105 Å². The molecule has 0 saturated heterocycles. The van der Waals surface area contributed by atoms with E-state index in [4.69, 9.17) is 19.4 Å². The second-order valence-corrected chi connectivity index (χ2v) is 16.6. The van der Waals surface area contributed by atoms with Crippen molar-refractivity contribution in [2.45, 2.75) is 0 Å². The molecule has 0 bridgehead atoms. The number of furan rings is 1. The molecule has 0 spiro atoms. The number of hydrogen-bond donors (Lipinski definition) is 0. The van der Waals surface area contributed by atoms with Crippen molar-refractivity contribution in [2.75, 3.05) is 0 Å². The lowest BCUT2D eigenvalue weighted by Crippen LogP contribution is -2.00. The Morgan fingerprint density at radius 1 is 0.290 bits per heavy atom. The molecule has 0 radical (unpaired) electrons. The molecule has 0 aliphatic carbocycles. The van der Waals surface area contributed by atoms with Crippen molar-refractivity contribution in [3.05, 3.63) is 212 Å². The van der Waals surface area contributed by atoms with Crippen molar-refractivity contribution in [3.8, 4) is 78.7 Å². The first kappa shape index (κ1) is 35.9. The van der Waals surface area contributed by atoms with Crippen LogP contribution in [0.25, 0.3) is 121 Å². The topological polar surface area (TPSA) is 51.8 Å². The normalized spacial score (nSPS) is 11.5. The number of thiophene rings is 1. The SMILES string of the molecule is c1ccc(-c2cc(-c3cccc(-c4nc(-c5ccccc5)nc(-c5ccc6oc7ccccc7c6c5)n4)c3)c(-c3ccccc3)c(-c3ccc4sc5ccccc5c4c3)c2)cc1. The van der Waals surface area contributed by atoms with Crippen LogP contribution >= 0.6 is 11.3 Å². The molecule has 5 heteroatoms. The number of hydrogen-bond acceptors (Lipinski definition) is 5. The Kier molecular flexibility index (Phi) is 8.65. The minimum absolute atomic E-state index is 0.598. The average Bonchev–Trinajstić information content (AvgIpc) is 3.92. The molecule has 12 rings (SSSR count). The maximum absolute atomic E-state index is 6.18. The van der Waals surface area contributed by atoms with E-state index >= 15 is 0 Å². The highest BCUT2D eigenvalue weighted by molar-refractivity contribution is 7.25. The van der Waals surface area contributed by atoms with Crippen LogP contribution in [0.15, 0.2) is 217 Å². The highest BCUT2D eigenvalue weighted by Gasteiger charge is 2.20. The molecule has 3 aromatic heterocycles. The van der Waals surface area contributed by atoms with Crippen LogP contribution < -0.4 is 0 Å². The van der Waals surface area contributed by atoms with Gasteiger partial charge in [-0.1, -0.05) is 152 Å². The van der Waals surface area contributed by atoms with Gasteiger partial charge in [0.25, 0.3) is 0 Å². The first-order chi connectivity index (χ1) is 30.7. The van der Waals surface area contributed by atoms with E-state index in [1.54, 1.807) is 0 Å². The third kappa shape index (κ3) is 6.35. The van der Waals surface area contributed by atoms with Gasteiger partial charge in [0.2, 0.25) is 0 Å². The quantitative estimate of drug-likeness (QED) is 0.161. The lowest BCUT2D eigenvalue weighted by atomic mass is 9.84. The summed E-state index contributed by atoms with van der Waals surface area (Å²) < 4.78 is 8.76. The summed E-state index contributed by atoms with van der Waals surface area (Å²) in [6, 6.07) is 74.9. The zero-order chi connectivity index (χ0) is 41.0. The van der Waals surface area contributed by atoms with Crippen molar-refractivity contribution in [3.63, 3.8) is 0 Å². The number of para-hydroxylation sites is 1. The van der Waals surface area contributed by atoms with Crippen LogP contribution in [-0.2, 0) is 0 Å². The van der Waals surface area contributed by atoms with E-state index in [0.29, 0.717) is 17.5 Å². The van der Waals surface area contributed by atoms with Crippen LogP contribution in [0, 0.1) is 0 Å². The summed E-state index contributed by atoms with van der Waals surface area (Å²) in [7, 11) is 0. The van der Waals surface area contributed by atoms with Gasteiger partial charge in [-0.25, -0.2) is 15.0 Å². The van der Waals surface area contributed by atoms with Gasteiger partial charge in [0.15, 0.2) is 17.5 Å². The minimum atomic E-state index is 0.598. The molecule has 290 valence electrons. The van der Waals surface area contributed by atoms with Crippen LogP contribution in [0.4, 0.5) is 0 Å². The highest BCUT2D eigenvalue weighted by atomic mass is 32.1. The predicted molar refractivity (Wildman–Crippen MR) is 258 cm³/mol. The predicted octanol–water partition coefficient (Wildman–Crippen LogP) is 15.8. The maximum atomic E-state index is 6.18. The Morgan fingerprint density at radius 3 is 1.53 bits per heavy atom. The molecule has 0 fully saturated rings. The Morgan fingerprint density at radius 2 is 0.790 bits per heavy atom. The van der Waals surface area contributed by atoms with Gasteiger partial charge in [-0.2, -0.15) is 0 Å². The lowest BCUT2D eigenvalue weighted by molar-refractivity contribution is 0.669. The summed E-state index contributed by atoms with van der Waals surface area (Å²) in [5.74, 6) is 1.81. The fourth-order valence-corrected chi connectivity index (χ4v) is 9.83. The van der Waals surface area contributed by atoms with E-state index in [9.17, 15) is 0 Å². The monoisotopic (exact) mass is 809 g/mol. The number of nitrogens with zero attached hydrogens (tertiary/aromatic N) is 3. The van der Waals surface area contributed by atoms with E-state index < -0.39 is 0 Å². The van der Waals surface area contributed by atoms with Crippen LogP contribution in [0.5, 0.6) is 0 Å². The van der Waals surface area contributed by atoms with Crippen molar-refractivity contribution >= 4 is 53.4 Å². The molecule has 4 nitrogen and oxygen atoms in total. The first-order valence-corrected chi connectivity index (χ1v) is 21.6. The first-order valence-electron chi connectivity index (χ1n) is 20.7. The molecular formula is C57H35N3OS. The summed E-state index contributed by atoms with van der Waals surface area (Å²) in [5, 5.41) is 4.64. The third-order valence-electron chi connectivity index (χ3n) is 11.7. The van der Waals surface area contributed by atoms with E-state index in [2.05, 4.69) is 152 Å². The molecule has 0 unspecified atom stereocenters. The van der Waals surface area contributed by atoms with Crippen LogP contribution in [0.3, 0.4) is 0 Å². The second kappa shape index (κ2) is 14.9. The summed E-state index contributed by atoms with van der Waals surface area (Å²) in [4.78, 5) is 15.4. The van der Waals surface area contributed by atoms with E-state index in [1.165, 1.54) is 36.9 Å². The summed E-state index contributed by atoms with van der Waals surface area (Å²) in [6.45, 7) is 0. The van der Waals surface area contributed by atoms with Gasteiger partial charge >= 0.3 is 0 Å². The molecule has 62 heavy (non-hydrogen) atoms. The minimum Gasteiger partial charge on any atom is -0.456 e. The zero-order valence-electron chi connectivity index (χ0n) is 33.4. The number of fused-ring (bicyclic) bond motifs is 6. The largest absolute Gasteiger partial charge is 0.456 e. The van der Waals surface area contributed by atoms with Gasteiger partial charge in [-0.3, -0.25) is 0 Å². The third-order valence-corrected chi connectivity index (χ3v) is 12.9. The molecule has 12 aromatic rings. The second-order valence-electron chi connectivity index (χ2n) is 15.5. The van der Waals surface area contributed by atoms with Crippen molar-refractivity contribution in [2.24, 2.45) is 0 Å². The van der Waals surface area contributed by atoms with E-state index in [1.807, 2.05) is 72.0 Å². The lowest BCUT2D eigenvalue weighted by Gasteiger charge is -2.20. The molecule has 0 amide bonds. The van der Waals surface area contributed by atoms with Crippen molar-refractivity contribution in [1.82, 2.24) is 15.0 Å². The summed E-state index contributed by atoms with van der Waals surface area (Å²) in [6.07, 6.45) is 0. The Balaban J connectivity index is 1.07. The van der Waals surface area contributed by atoms with Gasteiger partial charge in [0.05, 0.1) is 0 Å². The van der Waals surface area contributed by atoms with Crippen molar-refractivity contribution in [1.29, 1.82) is 0 Å². The maximum Gasteiger partial charge on any atom is 0.164 e. The molecule has 0 aliphatic rings. The Labute approximate surface area is 362 Å². The Hall–Kier alpha value is -7.99. The summed E-state index contributed by atoms with van der Waals surface area (Å²) in [5.41, 5.74) is 13.6. The average molecular weight is 810 g/mol. The summed E-state index contributed by atoms with van der Waals surface area (Å²) >= 11 is 1.85. The van der Waals surface area contributed by atoms with Crippen molar-refractivity contribution < 1.29 is 4.42 Å². The van der Waals surface area contributed by atoms with Crippen LogP contribution in [0.1, 0.15) is 0 Å². The fraction of sp³-hybridized carbons (Fsp3) is 0. The molecule has 0 saturated carbocycles. The highest BCUT2D eigenvalue weighted by Crippen LogP contribution is 2.46. The number of aromatic nitrogens is 3. The number of rotatable bonds is 7. The zero-order valence-corrected chi connectivity index (χ0v) is 34.2. The molecule has 9 aromatic carbocycles. The molecule has 3 heterocycles. The van der Waals surface area contributed by atoms with Gasteiger partial charge in [0, 0.05) is 47.6 Å². The number of benzene rings is 9. The van der Waals surface area contributed by atoms with E-state index in [-0.39, 0.29) is 0 Å². The van der Waals surface area contributed by atoms with Crippen LogP contribution in [-0.4, -0.2) is 15.0 Å². The standard InChI is InChI=1S/C57H35N3OS/c1-4-15-36(16-5-1)43-34-46(54(37-17-6-2-7-18-37)47(35-43)40-28-30-53-49(32-40)45-24-11-13-26-52(45)62-53)39-21-14-22-41(31-39)56-58-55(38-19-8-3-9-20-38)59-57(60-56)42-27-29-51-48(33-42)44-23-10-12-25-50(44)61-51/h1-35H.